The van der Waals surface area contributed by atoms with E-state index in [4.69, 9.17) is 0 Å². The molecule has 0 aliphatic carbocycles. The third-order valence-corrected chi connectivity index (χ3v) is 3.84. The number of aromatic nitrogens is 5. The van der Waals surface area contributed by atoms with Gasteiger partial charge >= 0.3 is 5.97 Å². The summed E-state index contributed by atoms with van der Waals surface area (Å²) in [6.45, 7) is 5.26. The van der Waals surface area contributed by atoms with Crippen LogP contribution < -0.4 is 0 Å². The Morgan fingerprint density at radius 2 is 2.33 bits per heavy atom. The fraction of sp³-hybridized carbons (Fsp3) is 0.500. The highest BCUT2D eigenvalue weighted by Gasteiger charge is 2.37. The van der Waals surface area contributed by atoms with Gasteiger partial charge in [0.1, 0.15) is 0 Å². The number of thiazole rings is 1. The molecule has 0 fully saturated rings. The molecule has 0 radical (unpaired) electrons. The quantitative estimate of drug-likeness (QED) is 0.897. The molecule has 2 rings (SSSR count). The highest BCUT2D eigenvalue weighted by atomic mass is 32.1. The molecule has 0 spiro atoms. The predicted octanol–water partition coefficient (Wildman–Crippen LogP) is 1.31. The number of nitrogens with zero attached hydrogens (tertiary/aromatic N) is 5. The van der Waals surface area contributed by atoms with Crippen LogP contribution in [0.4, 0.5) is 0 Å². The van der Waals surface area contributed by atoms with Crippen LogP contribution in [0, 0.1) is 6.92 Å². The van der Waals surface area contributed by atoms with Crippen molar-refractivity contribution in [1.82, 2.24) is 25.2 Å². The predicted molar refractivity (Wildman–Crippen MR) is 65.2 cm³/mol. The number of carbonyl (C=O) groups is 1. The third-order valence-electron chi connectivity index (χ3n) is 2.93. The molecule has 0 saturated heterocycles. The van der Waals surface area contributed by atoms with Crippen LogP contribution in [0.25, 0.3) is 10.7 Å². The molecular formula is C10H13N5O2S. The van der Waals surface area contributed by atoms with E-state index in [0.717, 1.165) is 9.88 Å². The van der Waals surface area contributed by atoms with Crippen molar-refractivity contribution >= 4 is 17.3 Å². The standard InChI is InChI=1S/C10H13N5O2S/c1-4-10(3,9(16)17)15-8(12-13-14-15)7-5-11-6(2)18-7/h5H,4H2,1-3H3,(H,16,17). The van der Waals surface area contributed by atoms with Gasteiger partial charge in [0.25, 0.3) is 0 Å². The second kappa shape index (κ2) is 4.45. The SMILES string of the molecule is CCC(C)(C(=O)O)n1nnnc1-c1cnc(C)s1. The number of hydrogen-bond acceptors (Lipinski definition) is 6. The fourth-order valence-electron chi connectivity index (χ4n) is 1.53. The molecule has 0 amide bonds. The zero-order chi connectivity index (χ0) is 13.3. The Morgan fingerprint density at radius 1 is 1.61 bits per heavy atom. The van der Waals surface area contributed by atoms with Gasteiger partial charge in [-0.1, -0.05) is 6.92 Å². The van der Waals surface area contributed by atoms with E-state index in [2.05, 4.69) is 20.5 Å². The van der Waals surface area contributed by atoms with Gasteiger partial charge in [-0.3, -0.25) is 0 Å². The number of aryl methyl sites for hydroxylation is 1. The van der Waals surface area contributed by atoms with E-state index in [1.807, 2.05) is 6.92 Å². The molecule has 18 heavy (non-hydrogen) atoms. The Labute approximate surface area is 107 Å². The zero-order valence-corrected chi connectivity index (χ0v) is 11.1. The van der Waals surface area contributed by atoms with E-state index in [1.165, 1.54) is 16.0 Å². The molecule has 2 aromatic rings. The fourth-order valence-corrected chi connectivity index (χ4v) is 2.28. The van der Waals surface area contributed by atoms with Crippen LogP contribution >= 0.6 is 11.3 Å². The second-order valence-electron chi connectivity index (χ2n) is 4.09. The minimum absolute atomic E-state index is 0.387. The molecule has 8 heteroatoms. The Hall–Kier alpha value is -1.83. The van der Waals surface area contributed by atoms with Crippen LogP contribution in [0.1, 0.15) is 25.3 Å². The number of rotatable bonds is 4. The number of carboxylic acid groups (broad SMARTS) is 1. The normalized spacial score (nSPS) is 14.4. The van der Waals surface area contributed by atoms with Crippen molar-refractivity contribution in [3.05, 3.63) is 11.2 Å². The monoisotopic (exact) mass is 267 g/mol. The largest absolute Gasteiger partial charge is 0.479 e. The van der Waals surface area contributed by atoms with Crippen LogP contribution in [-0.4, -0.2) is 36.3 Å². The van der Waals surface area contributed by atoms with Crippen molar-refractivity contribution in [2.24, 2.45) is 0 Å². The molecule has 0 bridgehead atoms. The van der Waals surface area contributed by atoms with Crippen LogP contribution in [0.3, 0.4) is 0 Å². The lowest BCUT2D eigenvalue weighted by molar-refractivity contribution is -0.147. The minimum atomic E-state index is -1.16. The lowest BCUT2D eigenvalue weighted by atomic mass is 9.99. The van der Waals surface area contributed by atoms with E-state index < -0.39 is 11.5 Å². The lowest BCUT2D eigenvalue weighted by Gasteiger charge is -2.23. The summed E-state index contributed by atoms with van der Waals surface area (Å²) in [5.41, 5.74) is -1.16. The van der Waals surface area contributed by atoms with Crippen molar-refractivity contribution in [2.45, 2.75) is 32.7 Å². The molecule has 96 valence electrons. The summed E-state index contributed by atoms with van der Waals surface area (Å²) in [7, 11) is 0. The number of tetrazole rings is 1. The van der Waals surface area contributed by atoms with Gasteiger partial charge in [0, 0.05) is 6.20 Å². The van der Waals surface area contributed by atoms with Crippen LogP contribution in [-0.2, 0) is 10.3 Å². The van der Waals surface area contributed by atoms with E-state index >= 15 is 0 Å². The second-order valence-corrected chi connectivity index (χ2v) is 5.33. The zero-order valence-electron chi connectivity index (χ0n) is 10.3. The van der Waals surface area contributed by atoms with Gasteiger partial charge in [-0.15, -0.1) is 16.4 Å². The smallest absolute Gasteiger partial charge is 0.331 e. The first-order valence-corrected chi connectivity index (χ1v) is 6.25. The van der Waals surface area contributed by atoms with E-state index in [9.17, 15) is 9.90 Å². The molecule has 7 nitrogen and oxygen atoms in total. The molecule has 1 N–H and O–H groups in total. The van der Waals surface area contributed by atoms with Crippen molar-refractivity contribution in [1.29, 1.82) is 0 Å². The summed E-state index contributed by atoms with van der Waals surface area (Å²) in [5.74, 6) is -0.521. The first-order chi connectivity index (χ1) is 8.49. The van der Waals surface area contributed by atoms with E-state index in [0.29, 0.717) is 12.2 Å². The van der Waals surface area contributed by atoms with E-state index in [1.54, 1.807) is 20.0 Å². The van der Waals surface area contributed by atoms with Gasteiger partial charge in [0.05, 0.1) is 9.88 Å². The van der Waals surface area contributed by atoms with Gasteiger partial charge < -0.3 is 5.11 Å². The maximum atomic E-state index is 11.4. The summed E-state index contributed by atoms with van der Waals surface area (Å²) < 4.78 is 1.35. The van der Waals surface area contributed by atoms with Gasteiger partial charge in [-0.2, -0.15) is 0 Å². The Kier molecular flexibility index (Phi) is 3.12. The van der Waals surface area contributed by atoms with Crippen molar-refractivity contribution in [2.75, 3.05) is 0 Å². The van der Waals surface area contributed by atoms with Crippen LogP contribution in [0.5, 0.6) is 0 Å². The summed E-state index contributed by atoms with van der Waals surface area (Å²) in [5, 5.41) is 21.5. The molecule has 0 aliphatic rings. The average Bonchev–Trinajstić information content (AvgIpc) is 2.95. The summed E-state index contributed by atoms with van der Waals surface area (Å²) >= 11 is 1.43. The molecule has 0 aliphatic heterocycles. The molecule has 0 saturated carbocycles. The highest BCUT2D eigenvalue weighted by Crippen LogP contribution is 2.29. The number of carboxylic acids is 1. The van der Waals surface area contributed by atoms with Gasteiger partial charge in [-0.05, 0) is 30.7 Å². The molecule has 1 unspecified atom stereocenters. The molecule has 1 atom stereocenters. The Balaban J connectivity index is 2.54. The van der Waals surface area contributed by atoms with Crippen molar-refractivity contribution < 1.29 is 9.90 Å². The molecule has 2 aromatic heterocycles. The summed E-state index contributed by atoms with van der Waals surface area (Å²) in [4.78, 5) is 16.3. The Bertz CT molecular complexity index is 578. The van der Waals surface area contributed by atoms with E-state index in [-0.39, 0.29) is 0 Å². The minimum Gasteiger partial charge on any atom is -0.479 e. The topological polar surface area (TPSA) is 93.8 Å². The van der Waals surface area contributed by atoms with Gasteiger partial charge in [0.15, 0.2) is 11.4 Å². The average molecular weight is 267 g/mol. The summed E-state index contributed by atoms with van der Waals surface area (Å²) in [6, 6.07) is 0. The van der Waals surface area contributed by atoms with Crippen LogP contribution in [0.2, 0.25) is 0 Å². The van der Waals surface area contributed by atoms with Gasteiger partial charge in [0.2, 0.25) is 0 Å². The maximum Gasteiger partial charge on any atom is 0.331 e. The van der Waals surface area contributed by atoms with Crippen LogP contribution in [0.15, 0.2) is 6.20 Å². The lowest BCUT2D eigenvalue weighted by Crippen LogP contribution is -2.39. The molecule has 2 heterocycles. The molecule has 0 aromatic carbocycles. The first kappa shape index (κ1) is 12.6. The highest BCUT2D eigenvalue weighted by molar-refractivity contribution is 7.14. The number of aliphatic carboxylic acids is 1. The van der Waals surface area contributed by atoms with Crippen molar-refractivity contribution in [3.63, 3.8) is 0 Å². The van der Waals surface area contributed by atoms with Crippen molar-refractivity contribution in [3.8, 4) is 10.7 Å². The maximum absolute atomic E-state index is 11.4. The van der Waals surface area contributed by atoms with Gasteiger partial charge in [-0.25, -0.2) is 14.5 Å². The number of hydrogen-bond donors (Lipinski definition) is 1. The Morgan fingerprint density at radius 3 is 2.83 bits per heavy atom. The first-order valence-electron chi connectivity index (χ1n) is 5.44. The third kappa shape index (κ3) is 1.88. The summed E-state index contributed by atoms with van der Waals surface area (Å²) in [6.07, 6.45) is 2.04. The molecular weight excluding hydrogens is 254 g/mol.